The molecule has 0 amide bonds. The van der Waals surface area contributed by atoms with Gasteiger partial charge in [-0.3, -0.25) is 15.0 Å². The van der Waals surface area contributed by atoms with Crippen molar-refractivity contribution < 1.29 is 0 Å². The zero-order valence-corrected chi connectivity index (χ0v) is 9.02. The third-order valence-corrected chi connectivity index (χ3v) is 2.92. The van der Waals surface area contributed by atoms with E-state index in [-0.39, 0.29) is 0 Å². The minimum absolute atomic E-state index is 0.899. The van der Waals surface area contributed by atoms with Gasteiger partial charge in [0.2, 0.25) is 0 Å². The smallest absolute Gasteiger partial charge is 0.0685 e. The van der Waals surface area contributed by atoms with Gasteiger partial charge in [-0.2, -0.15) is 11.8 Å². The lowest BCUT2D eigenvalue weighted by atomic mass is 10.3. The summed E-state index contributed by atoms with van der Waals surface area (Å²) in [6.07, 6.45) is 8.86. The molecule has 2 aromatic heterocycles. The number of aromatic nitrogens is 3. The standard InChI is InChI=1S/C11H11N3S/c1-3-12-4-2-10(1)8-15-9-11-7-13-5-6-14-11/h1-7H,8-9H2. The Morgan fingerprint density at radius 1 is 0.933 bits per heavy atom. The van der Waals surface area contributed by atoms with E-state index >= 15 is 0 Å². The summed E-state index contributed by atoms with van der Waals surface area (Å²) in [4.78, 5) is 12.2. The van der Waals surface area contributed by atoms with Crippen molar-refractivity contribution in [1.82, 2.24) is 15.0 Å². The number of nitrogens with zero attached hydrogens (tertiary/aromatic N) is 3. The highest BCUT2D eigenvalue weighted by atomic mass is 32.2. The third kappa shape index (κ3) is 3.32. The van der Waals surface area contributed by atoms with E-state index < -0.39 is 0 Å². The van der Waals surface area contributed by atoms with Gasteiger partial charge in [0.25, 0.3) is 0 Å². The molecule has 2 rings (SSSR count). The normalized spacial score (nSPS) is 10.1. The van der Waals surface area contributed by atoms with Crippen LogP contribution in [0.15, 0.2) is 43.1 Å². The summed E-state index contributed by atoms with van der Waals surface area (Å²) in [6.45, 7) is 0. The molecule has 0 N–H and O–H groups in total. The van der Waals surface area contributed by atoms with Crippen molar-refractivity contribution >= 4 is 11.8 Å². The largest absolute Gasteiger partial charge is 0.265 e. The maximum Gasteiger partial charge on any atom is 0.0685 e. The molecule has 0 bridgehead atoms. The van der Waals surface area contributed by atoms with Crippen molar-refractivity contribution in [3.05, 3.63) is 54.4 Å². The number of pyridine rings is 1. The van der Waals surface area contributed by atoms with E-state index in [0.717, 1.165) is 17.2 Å². The van der Waals surface area contributed by atoms with Gasteiger partial charge >= 0.3 is 0 Å². The van der Waals surface area contributed by atoms with Gasteiger partial charge < -0.3 is 0 Å². The molecule has 4 heteroatoms. The molecule has 0 unspecified atom stereocenters. The van der Waals surface area contributed by atoms with Crippen molar-refractivity contribution in [2.75, 3.05) is 0 Å². The Morgan fingerprint density at radius 3 is 2.53 bits per heavy atom. The van der Waals surface area contributed by atoms with E-state index in [1.54, 1.807) is 18.6 Å². The molecule has 0 aromatic carbocycles. The van der Waals surface area contributed by atoms with Crippen molar-refractivity contribution in [3.8, 4) is 0 Å². The zero-order valence-electron chi connectivity index (χ0n) is 8.21. The molecule has 15 heavy (non-hydrogen) atoms. The average molecular weight is 217 g/mol. The fourth-order valence-corrected chi connectivity index (χ4v) is 2.05. The third-order valence-electron chi connectivity index (χ3n) is 1.88. The van der Waals surface area contributed by atoms with Crippen LogP contribution in [0.2, 0.25) is 0 Å². The average Bonchev–Trinajstić information content (AvgIpc) is 2.32. The van der Waals surface area contributed by atoms with E-state index in [1.165, 1.54) is 5.56 Å². The highest BCUT2D eigenvalue weighted by molar-refractivity contribution is 7.97. The SMILES string of the molecule is c1cc(CSCc2cnccn2)ccn1. The number of hydrogen-bond donors (Lipinski definition) is 0. The second-order valence-corrected chi connectivity index (χ2v) is 4.03. The molecular formula is C11H11N3S. The van der Waals surface area contributed by atoms with Gasteiger partial charge in [0, 0.05) is 42.5 Å². The van der Waals surface area contributed by atoms with Crippen LogP contribution in [-0.2, 0) is 11.5 Å². The lowest BCUT2D eigenvalue weighted by Crippen LogP contribution is -1.88. The zero-order chi connectivity index (χ0) is 10.3. The molecule has 0 spiro atoms. The van der Waals surface area contributed by atoms with E-state index in [2.05, 4.69) is 15.0 Å². The topological polar surface area (TPSA) is 38.7 Å². The lowest BCUT2D eigenvalue weighted by Gasteiger charge is -2.00. The summed E-state index contributed by atoms with van der Waals surface area (Å²) < 4.78 is 0. The number of rotatable bonds is 4. The highest BCUT2D eigenvalue weighted by Gasteiger charge is 1.95. The highest BCUT2D eigenvalue weighted by Crippen LogP contribution is 2.15. The van der Waals surface area contributed by atoms with Crippen molar-refractivity contribution in [2.24, 2.45) is 0 Å². The Kier molecular flexibility index (Phi) is 3.68. The fraction of sp³-hybridized carbons (Fsp3) is 0.182. The fourth-order valence-electron chi connectivity index (χ4n) is 1.16. The van der Waals surface area contributed by atoms with Gasteiger partial charge in [0.1, 0.15) is 0 Å². The van der Waals surface area contributed by atoms with Gasteiger partial charge in [-0.25, -0.2) is 0 Å². The summed E-state index contributed by atoms with van der Waals surface area (Å²) in [6, 6.07) is 4.06. The van der Waals surface area contributed by atoms with Gasteiger partial charge in [-0.05, 0) is 17.7 Å². The van der Waals surface area contributed by atoms with Crippen LogP contribution in [0.25, 0.3) is 0 Å². The van der Waals surface area contributed by atoms with E-state index in [4.69, 9.17) is 0 Å². The molecule has 0 fully saturated rings. The molecule has 3 nitrogen and oxygen atoms in total. The first kappa shape index (κ1) is 10.1. The molecule has 76 valence electrons. The summed E-state index contributed by atoms with van der Waals surface area (Å²) in [5, 5.41) is 0. The second kappa shape index (κ2) is 5.46. The summed E-state index contributed by atoms with van der Waals surface area (Å²) >= 11 is 1.83. The molecule has 2 heterocycles. The molecule has 0 aliphatic rings. The van der Waals surface area contributed by atoms with Gasteiger partial charge in [0.15, 0.2) is 0 Å². The predicted molar refractivity (Wildman–Crippen MR) is 61.3 cm³/mol. The maximum atomic E-state index is 4.21. The molecule has 0 radical (unpaired) electrons. The molecule has 0 aliphatic heterocycles. The second-order valence-electron chi connectivity index (χ2n) is 3.05. The Labute approximate surface area is 93.0 Å². The molecule has 0 saturated heterocycles. The Morgan fingerprint density at radius 2 is 1.80 bits per heavy atom. The predicted octanol–water partition coefficient (Wildman–Crippen LogP) is 2.30. The van der Waals surface area contributed by atoms with E-state index in [0.29, 0.717) is 0 Å². The summed E-state index contributed by atoms with van der Waals surface area (Å²) in [5.74, 6) is 1.88. The Bertz CT molecular complexity index is 352. The van der Waals surface area contributed by atoms with Crippen LogP contribution in [0.4, 0.5) is 0 Å². The van der Waals surface area contributed by atoms with Crippen LogP contribution in [-0.4, -0.2) is 15.0 Å². The van der Waals surface area contributed by atoms with Crippen LogP contribution in [0.1, 0.15) is 11.3 Å². The van der Waals surface area contributed by atoms with Gasteiger partial charge in [-0.15, -0.1) is 0 Å². The van der Waals surface area contributed by atoms with Crippen LogP contribution in [0.3, 0.4) is 0 Å². The number of hydrogen-bond acceptors (Lipinski definition) is 4. The van der Waals surface area contributed by atoms with Crippen LogP contribution < -0.4 is 0 Å². The minimum atomic E-state index is 0.899. The van der Waals surface area contributed by atoms with Crippen molar-refractivity contribution in [3.63, 3.8) is 0 Å². The van der Waals surface area contributed by atoms with Crippen LogP contribution in [0.5, 0.6) is 0 Å². The van der Waals surface area contributed by atoms with Crippen LogP contribution in [0, 0.1) is 0 Å². The van der Waals surface area contributed by atoms with Crippen LogP contribution >= 0.6 is 11.8 Å². The minimum Gasteiger partial charge on any atom is -0.265 e. The maximum absolute atomic E-state index is 4.21. The first-order valence-corrected chi connectivity index (χ1v) is 5.82. The van der Waals surface area contributed by atoms with E-state index in [1.807, 2.05) is 36.3 Å². The quantitative estimate of drug-likeness (QED) is 0.787. The van der Waals surface area contributed by atoms with Gasteiger partial charge in [0.05, 0.1) is 5.69 Å². The Hall–Kier alpha value is -1.42. The number of thioether (sulfide) groups is 1. The first-order chi connectivity index (χ1) is 7.45. The molecule has 2 aromatic rings. The van der Waals surface area contributed by atoms with Crippen molar-refractivity contribution in [2.45, 2.75) is 11.5 Å². The van der Waals surface area contributed by atoms with Crippen molar-refractivity contribution in [1.29, 1.82) is 0 Å². The lowest BCUT2D eigenvalue weighted by molar-refractivity contribution is 1.10. The summed E-state index contributed by atoms with van der Waals surface area (Å²) in [5.41, 5.74) is 2.32. The first-order valence-electron chi connectivity index (χ1n) is 4.67. The monoisotopic (exact) mass is 217 g/mol. The van der Waals surface area contributed by atoms with Gasteiger partial charge in [-0.1, -0.05) is 0 Å². The molecular weight excluding hydrogens is 206 g/mol. The van der Waals surface area contributed by atoms with E-state index in [9.17, 15) is 0 Å². The molecule has 0 saturated carbocycles. The molecule has 0 aliphatic carbocycles. The Balaban J connectivity index is 1.81. The summed E-state index contributed by atoms with van der Waals surface area (Å²) in [7, 11) is 0. The molecule has 0 atom stereocenters.